The van der Waals surface area contributed by atoms with Crippen molar-refractivity contribution in [2.45, 2.75) is 26.3 Å². The van der Waals surface area contributed by atoms with Crippen LogP contribution in [0.15, 0.2) is 24.3 Å². The molecule has 0 unspecified atom stereocenters. The summed E-state index contributed by atoms with van der Waals surface area (Å²) in [5.41, 5.74) is 2.66. The smallest absolute Gasteiger partial charge is 0.0871 e. The van der Waals surface area contributed by atoms with Crippen molar-refractivity contribution in [1.82, 2.24) is 0 Å². The molecule has 13 heavy (non-hydrogen) atoms. The second-order valence-electron chi connectivity index (χ2n) is 3.66. The maximum atomic E-state index is 5.35. The highest BCUT2D eigenvalue weighted by molar-refractivity contribution is 7.80. The van der Waals surface area contributed by atoms with Crippen LogP contribution in [0.2, 0.25) is 0 Å². The third-order valence-electron chi connectivity index (χ3n) is 2.38. The molecule has 1 nitrogen and oxygen atoms in total. The van der Waals surface area contributed by atoms with E-state index in [0.717, 1.165) is 11.4 Å². The molecule has 0 saturated heterocycles. The molecule has 0 N–H and O–H groups in total. The summed E-state index contributed by atoms with van der Waals surface area (Å²) in [5.74, 6) is 0. The van der Waals surface area contributed by atoms with Gasteiger partial charge in [-0.3, -0.25) is 0 Å². The molecule has 0 amide bonds. The van der Waals surface area contributed by atoms with Gasteiger partial charge in [0.15, 0.2) is 0 Å². The standard InChI is InChI=1S/C11H13NS/c1-8(2)12-10-6-4-3-5-9(10)7-11(12)13/h3-6,8H,7H2,1-2H3. The largest absolute Gasteiger partial charge is 0.333 e. The normalized spacial score (nSPS) is 15.3. The number of rotatable bonds is 1. The van der Waals surface area contributed by atoms with Gasteiger partial charge in [-0.25, -0.2) is 0 Å². The van der Waals surface area contributed by atoms with Crippen molar-refractivity contribution in [1.29, 1.82) is 0 Å². The van der Waals surface area contributed by atoms with Crippen LogP contribution in [-0.2, 0) is 6.42 Å². The second-order valence-corrected chi connectivity index (χ2v) is 4.13. The van der Waals surface area contributed by atoms with Gasteiger partial charge >= 0.3 is 0 Å². The van der Waals surface area contributed by atoms with Crippen LogP contribution in [0.5, 0.6) is 0 Å². The number of thiocarbonyl (C=S) groups is 1. The SMILES string of the molecule is CC(C)N1C(=S)Cc2ccccc21. The van der Waals surface area contributed by atoms with Crippen molar-refractivity contribution < 1.29 is 0 Å². The van der Waals surface area contributed by atoms with E-state index in [9.17, 15) is 0 Å². The minimum Gasteiger partial charge on any atom is -0.333 e. The first-order valence-electron chi connectivity index (χ1n) is 4.60. The predicted molar refractivity (Wildman–Crippen MR) is 60.4 cm³/mol. The Hall–Kier alpha value is -0.890. The van der Waals surface area contributed by atoms with Crippen molar-refractivity contribution in [3.05, 3.63) is 29.8 Å². The van der Waals surface area contributed by atoms with Gasteiger partial charge in [-0.1, -0.05) is 30.4 Å². The molecule has 0 atom stereocenters. The zero-order valence-electron chi connectivity index (χ0n) is 7.95. The van der Waals surface area contributed by atoms with E-state index in [-0.39, 0.29) is 0 Å². The number of anilines is 1. The van der Waals surface area contributed by atoms with Gasteiger partial charge in [-0.05, 0) is 25.5 Å². The van der Waals surface area contributed by atoms with Crippen molar-refractivity contribution in [3.63, 3.8) is 0 Å². The second kappa shape index (κ2) is 3.11. The van der Waals surface area contributed by atoms with Gasteiger partial charge in [-0.15, -0.1) is 0 Å². The fourth-order valence-corrected chi connectivity index (χ4v) is 2.31. The Labute approximate surface area is 84.4 Å². The first-order valence-corrected chi connectivity index (χ1v) is 5.01. The van der Waals surface area contributed by atoms with Crippen LogP contribution in [0, 0.1) is 0 Å². The Morgan fingerprint density at radius 2 is 2.00 bits per heavy atom. The molecule has 68 valence electrons. The topological polar surface area (TPSA) is 3.24 Å². The molecule has 0 bridgehead atoms. The lowest BCUT2D eigenvalue weighted by atomic mass is 10.2. The zero-order valence-corrected chi connectivity index (χ0v) is 8.77. The summed E-state index contributed by atoms with van der Waals surface area (Å²) in [7, 11) is 0. The summed E-state index contributed by atoms with van der Waals surface area (Å²) in [6.45, 7) is 4.35. The first-order chi connectivity index (χ1) is 6.20. The lowest BCUT2D eigenvalue weighted by molar-refractivity contribution is 0.817. The van der Waals surface area contributed by atoms with E-state index in [1.54, 1.807) is 0 Å². The van der Waals surface area contributed by atoms with Gasteiger partial charge in [0, 0.05) is 18.2 Å². The summed E-state index contributed by atoms with van der Waals surface area (Å²) < 4.78 is 0. The average Bonchev–Trinajstić information content (AvgIpc) is 2.39. The Kier molecular flexibility index (Phi) is 2.08. The van der Waals surface area contributed by atoms with Gasteiger partial charge in [0.2, 0.25) is 0 Å². The fourth-order valence-electron chi connectivity index (χ4n) is 1.84. The molecule has 1 aromatic carbocycles. The molecule has 0 radical (unpaired) electrons. The molecule has 2 rings (SSSR count). The Bertz CT molecular complexity index is 344. The third kappa shape index (κ3) is 1.35. The Balaban J connectivity index is 2.46. The van der Waals surface area contributed by atoms with E-state index < -0.39 is 0 Å². The number of hydrogen-bond donors (Lipinski definition) is 0. The molecule has 0 spiro atoms. The van der Waals surface area contributed by atoms with Crippen LogP contribution in [0.3, 0.4) is 0 Å². The third-order valence-corrected chi connectivity index (χ3v) is 2.72. The summed E-state index contributed by atoms with van der Waals surface area (Å²) in [6.07, 6.45) is 0.934. The number of nitrogens with zero attached hydrogens (tertiary/aromatic N) is 1. The summed E-state index contributed by atoms with van der Waals surface area (Å²) in [4.78, 5) is 3.29. The van der Waals surface area contributed by atoms with Crippen LogP contribution in [0.25, 0.3) is 0 Å². The zero-order chi connectivity index (χ0) is 9.42. The monoisotopic (exact) mass is 191 g/mol. The van der Waals surface area contributed by atoms with Gasteiger partial charge in [-0.2, -0.15) is 0 Å². The number of fused-ring (bicyclic) bond motifs is 1. The van der Waals surface area contributed by atoms with Gasteiger partial charge in [0.25, 0.3) is 0 Å². The Morgan fingerprint density at radius 3 is 2.69 bits per heavy atom. The molecule has 0 fully saturated rings. The van der Waals surface area contributed by atoms with E-state index in [2.05, 4.69) is 43.0 Å². The molecule has 1 heterocycles. The molecule has 0 saturated carbocycles. The van der Waals surface area contributed by atoms with Crippen molar-refractivity contribution >= 4 is 22.9 Å². The molecule has 1 aliphatic rings. The van der Waals surface area contributed by atoms with E-state index in [1.807, 2.05) is 0 Å². The predicted octanol–water partition coefficient (Wildman–Crippen LogP) is 2.78. The van der Waals surface area contributed by atoms with Gasteiger partial charge in [0.1, 0.15) is 0 Å². The van der Waals surface area contributed by atoms with Crippen LogP contribution < -0.4 is 4.90 Å². The number of benzene rings is 1. The molecule has 1 aromatic rings. The molecular formula is C11H13NS. The quantitative estimate of drug-likeness (QED) is 0.628. The molecule has 0 aromatic heterocycles. The van der Waals surface area contributed by atoms with E-state index in [1.165, 1.54) is 11.3 Å². The molecule has 1 aliphatic heterocycles. The van der Waals surface area contributed by atoms with Crippen molar-refractivity contribution in [2.24, 2.45) is 0 Å². The van der Waals surface area contributed by atoms with Crippen molar-refractivity contribution in [3.8, 4) is 0 Å². The van der Waals surface area contributed by atoms with Crippen LogP contribution in [-0.4, -0.2) is 11.0 Å². The lowest BCUT2D eigenvalue weighted by Crippen LogP contribution is -2.32. The molecule has 0 aliphatic carbocycles. The average molecular weight is 191 g/mol. The van der Waals surface area contributed by atoms with Crippen LogP contribution in [0.4, 0.5) is 5.69 Å². The highest BCUT2D eigenvalue weighted by Gasteiger charge is 2.25. The number of hydrogen-bond acceptors (Lipinski definition) is 1. The van der Waals surface area contributed by atoms with E-state index >= 15 is 0 Å². The molecule has 2 heteroatoms. The van der Waals surface area contributed by atoms with Crippen LogP contribution >= 0.6 is 12.2 Å². The van der Waals surface area contributed by atoms with Crippen molar-refractivity contribution in [2.75, 3.05) is 4.90 Å². The molecular weight excluding hydrogens is 178 g/mol. The highest BCUT2D eigenvalue weighted by Crippen LogP contribution is 2.30. The first kappa shape index (κ1) is 8.70. The highest BCUT2D eigenvalue weighted by atomic mass is 32.1. The lowest BCUT2D eigenvalue weighted by Gasteiger charge is -2.23. The summed E-state index contributed by atoms with van der Waals surface area (Å²) in [6, 6.07) is 8.92. The number of para-hydroxylation sites is 1. The summed E-state index contributed by atoms with van der Waals surface area (Å²) in [5, 5.41) is 0. The maximum absolute atomic E-state index is 5.35. The minimum atomic E-state index is 0.469. The minimum absolute atomic E-state index is 0.469. The van der Waals surface area contributed by atoms with Crippen LogP contribution in [0.1, 0.15) is 19.4 Å². The van der Waals surface area contributed by atoms with E-state index in [0.29, 0.717) is 6.04 Å². The van der Waals surface area contributed by atoms with Gasteiger partial charge in [0.05, 0.1) is 4.99 Å². The summed E-state index contributed by atoms with van der Waals surface area (Å²) >= 11 is 5.35. The van der Waals surface area contributed by atoms with E-state index in [4.69, 9.17) is 12.2 Å². The Morgan fingerprint density at radius 1 is 1.31 bits per heavy atom. The maximum Gasteiger partial charge on any atom is 0.0871 e. The fraction of sp³-hybridized carbons (Fsp3) is 0.364. The van der Waals surface area contributed by atoms with Gasteiger partial charge < -0.3 is 4.90 Å².